The molecule has 0 aliphatic heterocycles. The molecule has 0 amide bonds. The number of nitrogens with zero attached hydrogens (tertiary/aromatic N) is 1. The number of aliphatic hydroxyl groups is 1. The monoisotopic (exact) mass is 587 g/mol. The second-order valence-electron chi connectivity index (χ2n) is 11.9. The first-order chi connectivity index (χ1) is 19.4. The van der Waals surface area contributed by atoms with E-state index in [0.29, 0.717) is 5.02 Å². The summed E-state index contributed by atoms with van der Waals surface area (Å²) in [5, 5.41) is 22.0. The van der Waals surface area contributed by atoms with Crippen LogP contribution in [0.15, 0.2) is 78.9 Å². The fourth-order valence-corrected chi connectivity index (χ4v) is 6.54. The van der Waals surface area contributed by atoms with Crippen LogP contribution in [0.25, 0.3) is 23.1 Å². The predicted molar refractivity (Wildman–Crippen MR) is 173 cm³/mol. The lowest BCUT2D eigenvalue weighted by Crippen LogP contribution is -2.20. The number of aryl methyl sites for hydroxylation is 1. The van der Waals surface area contributed by atoms with Crippen molar-refractivity contribution in [2.75, 3.05) is 5.75 Å². The van der Waals surface area contributed by atoms with Gasteiger partial charge in [-0.3, -0.25) is 4.79 Å². The molecule has 6 heteroatoms. The van der Waals surface area contributed by atoms with Gasteiger partial charge in [0.25, 0.3) is 0 Å². The van der Waals surface area contributed by atoms with Gasteiger partial charge in [-0.05, 0) is 84.4 Å². The van der Waals surface area contributed by atoms with Crippen LogP contribution in [0.4, 0.5) is 0 Å². The van der Waals surface area contributed by atoms with Gasteiger partial charge in [0.15, 0.2) is 0 Å². The zero-order valence-electron chi connectivity index (χ0n) is 24.1. The second kappa shape index (κ2) is 13.2. The molecule has 4 aromatic rings. The van der Waals surface area contributed by atoms with Crippen molar-refractivity contribution in [1.82, 2.24) is 4.98 Å². The van der Waals surface area contributed by atoms with Crippen LogP contribution in [-0.4, -0.2) is 26.9 Å². The summed E-state index contributed by atoms with van der Waals surface area (Å²) < 4.78 is 0. The zero-order valence-corrected chi connectivity index (χ0v) is 25.7. The molecule has 4 nitrogen and oxygen atoms in total. The van der Waals surface area contributed by atoms with Crippen molar-refractivity contribution in [2.45, 2.75) is 57.8 Å². The molecular weight excluding hydrogens is 550 g/mol. The molecule has 214 valence electrons. The van der Waals surface area contributed by atoms with Gasteiger partial charge in [-0.1, -0.05) is 92.2 Å². The highest BCUT2D eigenvalue weighted by atomic mass is 35.5. The van der Waals surface area contributed by atoms with Gasteiger partial charge in [0, 0.05) is 15.7 Å². The molecule has 1 atom stereocenters. The van der Waals surface area contributed by atoms with E-state index >= 15 is 0 Å². The lowest BCUT2D eigenvalue weighted by atomic mass is 9.90. The molecule has 0 radical (unpaired) electrons. The number of aliphatic carboxylic acids is 1. The van der Waals surface area contributed by atoms with Crippen molar-refractivity contribution in [3.05, 3.63) is 112 Å². The number of aromatic nitrogens is 1. The summed E-state index contributed by atoms with van der Waals surface area (Å²) in [6.07, 6.45) is 5.88. The van der Waals surface area contributed by atoms with Crippen LogP contribution in [0, 0.1) is 5.41 Å². The summed E-state index contributed by atoms with van der Waals surface area (Å²) in [5.41, 5.74) is 4.81. The molecule has 0 saturated carbocycles. The number of thioether (sulfide) groups is 1. The molecule has 0 saturated heterocycles. The van der Waals surface area contributed by atoms with Gasteiger partial charge in [0.1, 0.15) is 0 Å². The van der Waals surface area contributed by atoms with E-state index < -0.39 is 11.6 Å². The minimum Gasteiger partial charge on any atom is -0.481 e. The maximum Gasteiger partial charge on any atom is 0.303 e. The summed E-state index contributed by atoms with van der Waals surface area (Å²) in [6.45, 7) is 7.66. The molecule has 2 N–H and O–H groups in total. The third kappa shape index (κ3) is 8.93. The van der Waals surface area contributed by atoms with Gasteiger partial charge >= 0.3 is 5.97 Å². The average molecular weight is 588 g/mol. The third-order valence-corrected chi connectivity index (χ3v) is 9.16. The minimum absolute atomic E-state index is 0.126. The molecule has 0 fully saturated rings. The van der Waals surface area contributed by atoms with Crippen LogP contribution < -0.4 is 0 Å². The van der Waals surface area contributed by atoms with Crippen molar-refractivity contribution >= 4 is 52.4 Å². The number of halogens is 1. The molecular formula is C35H38ClNO3S. The Morgan fingerprint density at radius 2 is 1.73 bits per heavy atom. The van der Waals surface area contributed by atoms with Crippen LogP contribution in [-0.2, 0) is 16.8 Å². The number of hydrogen-bond acceptors (Lipinski definition) is 4. The number of carboxylic acids is 1. The van der Waals surface area contributed by atoms with Crippen molar-refractivity contribution in [1.29, 1.82) is 0 Å². The SMILES string of the molecule is CC(C)(CS[C@H](CCc1ccccc1C(C)(C)O)c1cccc(/C=C/c2ccc3ccc(Cl)cc3n2)c1)CC(=O)O. The summed E-state index contributed by atoms with van der Waals surface area (Å²) in [5.74, 6) is -0.0521. The van der Waals surface area contributed by atoms with Crippen LogP contribution in [0.3, 0.4) is 0 Å². The molecule has 0 unspecified atom stereocenters. The maximum atomic E-state index is 11.4. The van der Waals surface area contributed by atoms with E-state index in [2.05, 4.69) is 36.4 Å². The van der Waals surface area contributed by atoms with E-state index in [1.54, 1.807) is 0 Å². The number of carboxylic acid groups (broad SMARTS) is 1. The molecule has 0 aliphatic carbocycles. The van der Waals surface area contributed by atoms with Crippen molar-refractivity contribution in [2.24, 2.45) is 5.41 Å². The Hall–Kier alpha value is -3.12. The number of carbonyl (C=O) groups is 1. The Morgan fingerprint density at radius 1 is 0.976 bits per heavy atom. The van der Waals surface area contributed by atoms with E-state index in [0.717, 1.165) is 51.9 Å². The molecule has 1 aromatic heterocycles. The second-order valence-corrected chi connectivity index (χ2v) is 13.5. The quantitative estimate of drug-likeness (QED) is 0.173. The molecule has 4 rings (SSSR count). The predicted octanol–water partition coefficient (Wildman–Crippen LogP) is 9.19. The number of rotatable bonds is 12. The Morgan fingerprint density at radius 3 is 2.49 bits per heavy atom. The molecule has 41 heavy (non-hydrogen) atoms. The van der Waals surface area contributed by atoms with Crippen molar-refractivity contribution in [3.8, 4) is 0 Å². The fraction of sp³-hybridized carbons (Fsp3) is 0.314. The molecule has 3 aromatic carbocycles. The smallest absolute Gasteiger partial charge is 0.303 e. The van der Waals surface area contributed by atoms with E-state index in [1.165, 1.54) is 5.56 Å². The average Bonchev–Trinajstić information content (AvgIpc) is 2.90. The normalized spacial score (nSPS) is 13.1. The van der Waals surface area contributed by atoms with Crippen molar-refractivity contribution in [3.63, 3.8) is 0 Å². The minimum atomic E-state index is -0.921. The Bertz CT molecular complexity index is 1540. The highest BCUT2D eigenvalue weighted by Crippen LogP contribution is 2.39. The highest BCUT2D eigenvalue weighted by Gasteiger charge is 2.25. The maximum absolute atomic E-state index is 11.4. The van der Waals surface area contributed by atoms with Gasteiger partial charge < -0.3 is 10.2 Å². The van der Waals surface area contributed by atoms with Gasteiger partial charge in [-0.25, -0.2) is 4.98 Å². The first-order valence-corrected chi connectivity index (χ1v) is 15.3. The van der Waals surface area contributed by atoms with Crippen molar-refractivity contribution < 1.29 is 15.0 Å². The van der Waals surface area contributed by atoms with Crippen LogP contribution in [0.1, 0.15) is 73.7 Å². The van der Waals surface area contributed by atoms with E-state index in [1.807, 2.05) is 94.1 Å². The summed E-state index contributed by atoms with van der Waals surface area (Å²) in [7, 11) is 0. The topological polar surface area (TPSA) is 70.4 Å². The molecule has 0 bridgehead atoms. The standard InChI is InChI=1S/C35H38ClNO3S/c1-34(2,22-33(38)39)23-41-32(19-15-25-9-5-6-11-30(25)35(3,4)40)27-10-7-8-24(20-27)12-17-29-18-14-26-13-16-28(36)21-31(26)37-29/h5-14,16-18,20-21,32,40H,15,19,22-23H2,1-4H3,(H,38,39)/b17-12+/t32-/m1/s1. The molecule has 1 heterocycles. The summed E-state index contributed by atoms with van der Waals surface area (Å²) in [6, 6.07) is 26.3. The van der Waals surface area contributed by atoms with Gasteiger partial charge in [0.05, 0.1) is 23.2 Å². The Labute approximate surface area is 252 Å². The molecule has 0 aliphatic rings. The number of fused-ring (bicyclic) bond motifs is 1. The Balaban J connectivity index is 1.58. The van der Waals surface area contributed by atoms with Crippen LogP contribution in [0.5, 0.6) is 0 Å². The number of pyridine rings is 1. The molecule has 0 spiro atoms. The van der Waals surface area contributed by atoms with E-state index in [-0.39, 0.29) is 17.1 Å². The van der Waals surface area contributed by atoms with Crippen LogP contribution >= 0.6 is 23.4 Å². The first-order valence-electron chi connectivity index (χ1n) is 13.9. The van der Waals surface area contributed by atoms with Gasteiger partial charge in [-0.15, -0.1) is 0 Å². The van der Waals surface area contributed by atoms with E-state index in [9.17, 15) is 15.0 Å². The largest absolute Gasteiger partial charge is 0.481 e. The first kappa shape index (κ1) is 30.8. The van der Waals surface area contributed by atoms with Gasteiger partial charge in [-0.2, -0.15) is 11.8 Å². The lowest BCUT2D eigenvalue weighted by molar-refractivity contribution is -0.138. The fourth-order valence-electron chi connectivity index (χ4n) is 5.00. The van der Waals surface area contributed by atoms with E-state index in [4.69, 9.17) is 16.6 Å². The van der Waals surface area contributed by atoms with Gasteiger partial charge in [0.2, 0.25) is 0 Å². The number of benzene rings is 3. The zero-order chi connectivity index (χ0) is 29.6. The van der Waals surface area contributed by atoms with Crippen LogP contribution in [0.2, 0.25) is 5.02 Å². The lowest BCUT2D eigenvalue weighted by Gasteiger charge is -2.27. The summed E-state index contributed by atoms with van der Waals surface area (Å²) in [4.78, 5) is 16.2. The highest BCUT2D eigenvalue weighted by molar-refractivity contribution is 7.99. The Kier molecular flexibility index (Phi) is 9.96. The third-order valence-electron chi connectivity index (χ3n) is 7.06. The number of hydrogen-bond donors (Lipinski definition) is 2. The summed E-state index contributed by atoms with van der Waals surface area (Å²) >= 11 is 7.97.